The van der Waals surface area contributed by atoms with Crippen molar-refractivity contribution in [2.45, 2.75) is 0 Å². The van der Waals surface area contributed by atoms with Gasteiger partial charge in [0.2, 0.25) is 0 Å². The van der Waals surface area contributed by atoms with Crippen molar-refractivity contribution in [2.75, 3.05) is 0 Å². The number of hydrogen-bond acceptors (Lipinski definition) is 0. The Labute approximate surface area is 154 Å². The maximum Gasteiger partial charge on any atom is 1.00 e. The van der Waals surface area contributed by atoms with Crippen LogP contribution in [0.5, 0.6) is 0 Å². The third-order valence-corrected chi connectivity index (χ3v) is 0. The minimum absolute atomic E-state index is 0. The molecule has 0 radical (unpaired) electrons. The van der Waals surface area contributed by atoms with Crippen LogP contribution in [-0.2, 0) is 43.0 Å². The SMILES string of the molecule is [O-2].[O-2].[O-2].[O-2].[Rb+].[Rb+].[W]. The van der Waals surface area contributed by atoms with E-state index in [0.29, 0.717) is 0 Å². The Morgan fingerprint density at radius 3 is 0.429 bits per heavy atom. The first kappa shape index (κ1) is 66.8. The molecule has 7 heteroatoms. The molecule has 0 N–H and O–H groups in total. The van der Waals surface area contributed by atoms with E-state index in [9.17, 15) is 0 Å². The molecule has 0 spiro atoms. The van der Waals surface area contributed by atoms with Crippen LogP contribution in [0.25, 0.3) is 0 Å². The van der Waals surface area contributed by atoms with Crippen LogP contribution in [0.3, 0.4) is 0 Å². The van der Waals surface area contributed by atoms with Gasteiger partial charge >= 0.3 is 116 Å². The van der Waals surface area contributed by atoms with Crippen LogP contribution in [-0.4, -0.2) is 0 Å². The molecule has 0 saturated heterocycles. The van der Waals surface area contributed by atoms with Gasteiger partial charge in [-0.15, -0.1) is 0 Å². The standard InChI is InChI=1S/4O.2Rb.W/q4*-2;2*+1;. The summed E-state index contributed by atoms with van der Waals surface area (Å²) in [6.07, 6.45) is 0. The molecule has 0 unspecified atom stereocenters. The van der Waals surface area contributed by atoms with Crippen molar-refractivity contribution in [1.29, 1.82) is 0 Å². The van der Waals surface area contributed by atoms with Gasteiger partial charge < -0.3 is 21.9 Å². The first-order valence-corrected chi connectivity index (χ1v) is 0. The summed E-state index contributed by atoms with van der Waals surface area (Å²) in [5.41, 5.74) is 0. The summed E-state index contributed by atoms with van der Waals surface area (Å²) in [7, 11) is 0. The largest absolute Gasteiger partial charge is 2.00 e. The monoisotopic (exact) mass is 418 g/mol. The molecule has 0 fully saturated rings. The molecular weight excluding hydrogens is 419 g/mol. The van der Waals surface area contributed by atoms with Crippen molar-refractivity contribution in [1.82, 2.24) is 0 Å². The Balaban J connectivity index is 0. The average Bonchev–Trinajstić information content (AvgIpc) is 0. The zero-order chi connectivity index (χ0) is 0. The van der Waals surface area contributed by atoms with Gasteiger partial charge in [-0.3, -0.25) is 0 Å². The van der Waals surface area contributed by atoms with Crippen molar-refractivity contribution in [3.63, 3.8) is 0 Å². The van der Waals surface area contributed by atoms with E-state index in [4.69, 9.17) is 0 Å². The topological polar surface area (TPSA) is 114 Å². The summed E-state index contributed by atoms with van der Waals surface area (Å²) in [5.74, 6) is 0. The van der Waals surface area contributed by atoms with Crippen molar-refractivity contribution >= 4 is 0 Å². The Bertz CT molecular complexity index is 9.65. The minimum Gasteiger partial charge on any atom is -2.00 e. The van der Waals surface area contributed by atoms with E-state index in [-0.39, 0.29) is 159 Å². The fraction of sp³-hybridized carbons (Fsp3) is 0. The van der Waals surface area contributed by atoms with Gasteiger partial charge in [0.05, 0.1) is 0 Å². The Kier molecular flexibility index (Phi) is 472. The van der Waals surface area contributed by atoms with Gasteiger partial charge in [-0.25, -0.2) is 0 Å². The van der Waals surface area contributed by atoms with E-state index >= 15 is 0 Å². The van der Waals surface area contributed by atoms with E-state index in [1.165, 1.54) is 0 Å². The van der Waals surface area contributed by atoms with Crippen LogP contribution in [0.15, 0.2) is 0 Å². The number of hydrogen-bond donors (Lipinski definition) is 0. The smallest absolute Gasteiger partial charge is 1.00 e. The maximum atomic E-state index is 0. The van der Waals surface area contributed by atoms with Gasteiger partial charge in [0.25, 0.3) is 0 Å². The van der Waals surface area contributed by atoms with Crippen molar-refractivity contribution < 1.29 is 159 Å². The average molecular weight is 419 g/mol. The Morgan fingerprint density at radius 2 is 0.429 bits per heavy atom. The van der Waals surface area contributed by atoms with Crippen LogP contribution in [0.4, 0.5) is 0 Å². The Hall–Kier alpha value is 4.14. The first-order chi connectivity index (χ1) is 0. The van der Waals surface area contributed by atoms with Gasteiger partial charge in [-0.2, -0.15) is 0 Å². The molecule has 0 atom stereocenters. The molecule has 0 amide bonds. The molecule has 0 rings (SSSR count). The van der Waals surface area contributed by atoms with E-state index in [0.717, 1.165) is 0 Å². The predicted molar refractivity (Wildman–Crippen MR) is 2.75 cm³/mol. The first-order valence-electron chi connectivity index (χ1n) is 0. The molecule has 7 heavy (non-hydrogen) atoms. The third kappa shape index (κ3) is 39.2. The van der Waals surface area contributed by atoms with E-state index in [1.54, 1.807) is 0 Å². The molecule has 0 heterocycles. The van der Waals surface area contributed by atoms with Crippen molar-refractivity contribution in [2.24, 2.45) is 0 Å². The molecule has 38 valence electrons. The number of rotatable bonds is 0. The molecule has 0 aromatic rings. The zero-order valence-corrected chi connectivity index (χ0v) is 16.8. The normalized spacial score (nSPS) is 0. The molecule has 0 aliphatic carbocycles. The molecular formula is O4Rb2W-6. The Morgan fingerprint density at radius 1 is 0.429 bits per heavy atom. The van der Waals surface area contributed by atoms with Crippen LogP contribution < -0.4 is 116 Å². The van der Waals surface area contributed by atoms with Gasteiger partial charge in [-0.05, 0) is 0 Å². The summed E-state index contributed by atoms with van der Waals surface area (Å²) in [5, 5.41) is 0. The second kappa shape index (κ2) is 49.4. The molecule has 0 aliphatic heterocycles. The minimum atomic E-state index is 0. The molecule has 0 saturated carbocycles. The van der Waals surface area contributed by atoms with E-state index in [1.807, 2.05) is 0 Å². The second-order valence-corrected chi connectivity index (χ2v) is 0. The van der Waals surface area contributed by atoms with Gasteiger partial charge in [0, 0.05) is 21.1 Å². The van der Waals surface area contributed by atoms with Gasteiger partial charge in [0.15, 0.2) is 0 Å². The summed E-state index contributed by atoms with van der Waals surface area (Å²) >= 11 is 0. The summed E-state index contributed by atoms with van der Waals surface area (Å²) in [6, 6.07) is 0. The predicted octanol–water partition coefficient (Wildman–Crippen LogP) is -6.47. The molecule has 0 aliphatic rings. The fourth-order valence-corrected chi connectivity index (χ4v) is 0. The third-order valence-electron chi connectivity index (χ3n) is 0. The molecule has 4 nitrogen and oxygen atoms in total. The van der Waals surface area contributed by atoms with Gasteiger partial charge in [0.1, 0.15) is 0 Å². The van der Waals surface area contributed by atoms with Crippen LogP contribution in [0.1, 0.15) is 0 Å². The zero-order valence-electron chi connectivity index (χ0n) is 4.04. The van der Waals surface area contributed by atoms with Crippen LogP contribution in [0.2, 0.25) is 0 Å². The molecule has 0 bridgehead atoms. The second-order valence-electron chi connectivity index (χ2n) is 0. The van der Waals surface area contributed by atoms with Crippen LogP contribution >= 0.6 is 0 Å². The van der Waals surface area contributed by atoms with E-state index < -0.39 is 0 Å². The fourth-order valence-electron chi connectivity index (χ4n) is 0. The van der Waals surface area contributed by atoms with Crippen LogP contribution in [0, 0.1) is 0 Å². The van der Waals surface area contributed by atoms with E-state index in [2.05, 4.69) is 0 Å². The molecule has 0 aromatic heterocycles. The molecule has 0 aromatic carbocycles. The summed E-state index contributed by atoms with van der Waals surface area (Å²) in [4.78, 5) is 0. The van der Waals surface area contributed by atoms with Crippen molar-refractivity contribution in [3.8, 4) is 0 Å². The maximum absolute atomic E-state index is 0. The summed E-state index contributed by atoms with van der Waals surface area (Å²) < 4.78 is 0. The van der Waals surface area contributed by atoms with Gasteiger partial charge in [-0.1, -0.05) is 0 Å². The quantitative estimate of drug-likeness (QED) is 0.372. The van der Waals surface area contributed by atoms with Crippen molar-refractivity contribution in [3.05, 3.63) is 0 Å². The summed E-state index contributed by atoms with van der Waals surface area (Å²) in [6.45, 7) is 0.